The molecule has 0 bridgehead atoms. The number of halogens is 3. The lowest BCUT2D eigenvalue weighted by Crippen LogP contribution is -2.22. The van der Waals surface area contributed by atoms with Gasteiger partial charge in [-0.3, -0.25) is 4.79 Å². The standard InChI is InChI=1S/C14H11BrF2N2O/c15-9-3-1-4-10(7-9)19-13(20)8-18-12-6-2-5-11(16)14(12)17/h1-7,18H,8H2,(H,19,20). The van der Waals surface area contributed by atoms with Crippen molar-refractivity contribution in [3.8, 4) is 0 Å². The van der Waals surface area contributed by atoms with E-state index in [2.05, 4.69) is 26.6 Å². The Morgan fingerprint density at radius 1 is 1.15 bits per heavy atom. The van der Waals surface area contributed by atoms with Gasteiger partial charge in [0.05, 0.1) is 12.2 Å². The molecule has 0 aliphatic rings. The minimum Gasteiger partial charge on any atom is -0.374 e. The van der Waals surface area contributed by atoms with Crippen LogP contribution in [-0.4, -0.2) is 12.5 Å². The molecule has 2 aromatic carbocycles. The van der Waals surface area contributed by atoms with Crippen LogP contribution in [0.2, 0.25) is 0 Å². The zero-order valence-corrected chi connectivity index (χ0v) is 11.9. The normalized spacial score (nSPS) is 10.2. The summed E-state index contributed by atoms with van der Waals surface area (Å²) in [6, 6.07) is 10.8. The summed E-state index contributed by atoms with van der Waals surface area (Å²) >= 11 is 3.29. The van der Waals surface area contributed by atoms with Crippen LogP contribution in [-0.2, 0) is 4.79 Å². The zero-order valence-electron chi connectivity index (χ0n) is 10.3. The minimum atomic E-state index is -0.997. The number of anilines is 2. The summed E-state index contributed by atoms with van der Waals surface area (Å²) in [5.41, 5.74) is 0.570. The fourth-order valence-electron chi connectivity index (χ4n) is 1.59. The SMILES string of the molecule is O=C(CNc1cccc(F)c1F)Nc1cccc(Br)c1. The van der Waals surface area contributed by atoms with Gasteiger partial charge in [-0.15, -0.1) is 0 Å². The van der Waals surface area contributed by atoms with Crippen molar-refractivity contribution in [3.05, 3.63) is 58.6 Å². The Kier molecular flexibility index (Phi) is 4.68. The van der Waals surface area contributed by atoms with Gasteiger partial charge in [-0.25, -0.2) is 8.78 Å². The van der Waals surface area contributed by atoms with Crippen LogP contribution in [0, 0.1) is 11.6 Å². The second kappa shape index (κ2) is 6.47. The van der Waals surface area contributed by atoms with Gasteiger partial charge in [0, 0.05) is 10.2 Å². The van der Waals surface area contributed by atoms with Gasteiger partial charge in [0.25, 0.3) is 0 Å². The van der Waals surface area contributed by atoms with E-state index in [1.807, 2.05) is 6.07 Å². The molecule has 2 rings (SSSR count). The van der Waals surface area contributed by atoms with Gasteiger partial charge in [0.2, 0.25) is 5.91 Å². The van der Waals surface area contributed by atoms with Crippen molar-refractivity contribution in [3.63, 3.8) is 0 Å². The Bertz CT molecular complexity index is 634. The molecule has 0 aliphatic carbocycles. The van der Waals surface area contributed by atoms with Crippen molar-refractivity contribution < 1.29 is 13.6 Å². The number of hydrogen-bond donors (Lipinski definition) is 2. The number of nitrogens with one attached hydrogen (secondary N) is 2. The van der Waals surface area contributed by atoms with Crippen molar-refractivity contribution in [2.24, 2.45) is 0 Å². The predicted octanol–water partition coefficient (Wildman–Crippen LogP) is 3.78. The summed E-state index contributed by atoms with van der Waals surface area (Å²) in [5.74, 6) is -2.31. The van der Waals surface area contributed by atoms with Crippen molar-refractivity contribution >= 4 is 33.2 Å². The molecule has 0 radical (unpaired) electrons. The molecule has 3 nitrogen and oxygen atoms in total. The molecule has 0 saturated carbocycles. The third kappa shape index (κ3) is 3.77. The summed E-state index contributed by atoms with van der Waals surface area (Å²) in [6.45, 7) is -0.160. The molecule has 2 N–H and O–H groups in total. The molecule has 20 heavy (non-hydrogen) atoms. The van der Waals surface area contributed by atoms with E-state index in [0.29, 0.717) is 5.69 Å². The van der Waals surface area contributed by atoms with Crippen LogP contribution in [0.4, 0.5) is 20.2 Å². The molecule has 0 aliphatic heterocycles. The smallest absolute Gasteiger partial charge is 0.243 e. The molecule has 0 saturated heterocycles. The summed E-state index contributed by atoms with van der Waals surface area (Å²) in [7, 11) is 0. The van der Waals surface area contributed by atoms with Gasteiger partial charge < -0.3 is 10.6 Å². The minimum absolute atomic E-state index is 0.0469. The Labute approximate surface area is 123 Å². The van der Waals surface area contributed by atoms with Gasteiger partial charge in [0.1, 0.15) is 0 Å². The van der Waals surface area contributed by atoms with E-state index in [0.717, 1.165) is 10.5 Å². The van der Waals surface area contributed by atoms with Crippen LogP contribution < -0.4 is 10.6 Å². The fourth-order valence-corrected chi connectivity index (χ4v) is 1.99. The second-order valence-electron chi connectivity index (χ2n) is 4.01. The van der Waals surface area contributed by atoms with Crippen molar-refractivity contribution in [2.75, 3.05) is 17.2 Å². The summed E-state index contributed by atoms with van der Waals surface area (Å²) in [6.07, 6.45) is 0. The van der Waals surface area contributed by atoms with E-state index in [4.69, 9.17) is 0 Å². The molecule has 0 atom stereocenters. The zero-order chi connectivity index (χ0) is 14.5. The third-order valence-corrected chi connectivity index (χ3v) is 2.99. The van der Waals surface area contributed by atoms with Gasteiger partial charge in [-0.1, -0.05) is 28.1 Å². The molecule has 6 heteroatoms. The third-order valence-electron chi connectivity index (χ3n) is 2.50. The molecule has 0 spiro atoms. The molecule has 0 heterocycles. The van der Waals surface area contributed by atoms with Gasteiger partial charge >= 0.3 is 0 Å². The van der Waals surface area contributed by atoms with Gasteiger partial charge in [0.15, 0.2) is 11.6 Å². The number of carbonyl (C=O) groups is 1. The van der Waals surface area contributed by atoms with E-state index in [9.17, 15) is 13.6 Å². The molecule has 104 valence electrons. The average molecular weight is 341 g/mol. The highest BCUT2D eigenvalue weighted by Gasteiger charge is 2.09. The summed E-state index contributed by atoms with van der Waals surface area (Å²) < 4.78 is 27.2. The molecule has 0 fully saturated rings. The highest BCUT2D eigenvalue weighted by molar-refractivity contribution is 9.10. The Hall–Kier alpha value is -1.95. The van der Waals surface area contributed by atoms with E-state index >= 15 is 0 Å². The number of carbonyl (C=O) groups excluding carboxylic acids is 1. The largest absolute Gasteiger partial charge is 0.374 e. The highest BCUT2D eigenvalue weighted by Crippen LogP contribution is 2.17. The van der Waals surface area contributed by atoms with Crippen LogP contribution in [0.15, 0.2) is 46.9 Å². The van der Waals surface area contributed by atoms with E-state index in [1.165, 1.54) is 12.1 Å². The predicted molar refractivity (Wildman–Crippen MR) is 77.6 cm³/mol. The average Bonchev–Trinajstić information content (AvgIpc) is 2.40. The summed E-state index contributed by atoms with van der Waals surface area (Å²) in [5, 5.41) is 5.19. The van der Waals surface area contributed by atoms with E-state index in [-0.39, 0.29) is 18.1 Å². The van der Waals surface area contributed by atoms with E-state index in [1.54, 1.807) is 18.2 Å². The molecular formula is C14H11BrF2N2O. The lowest BCUT2D eigenvalue weighted by atomic mass is 10.3. The molecule has 1 amide bonds. The van der Waals surface area contributed by atoms with Gasteiger partial charge in [-0.05, 0) is 30.3 Å². The second-order valence-corrected chi connectivity index (χ2v) is 4.93. The fraction of sp³-hybridized carbons (Fsp3) is 0.0714. The quantitative estimate of drug-likeness (QED) is 0.889. The van der Waals surface area contributed by atoms with Crippen LogP contribution in [0.25, 0.3) is 0 Å². The molecule has 0 aromatic heterocycles. The number of benzene rings is 2. The monoisotopic (exact) mass is 340 g/mol. The molecular weight excluding hydrogens is 330 g/mol. The van der Waals surface area contributed by atoms with Crippen LogP contribution in [0.1, 0.15) is 0 Å². The van der Waals surface area contributed by atoms with Crippen LogP contribution >= 0.6 is 15.9 Å². The van der Waals surface area contributed by atoms with Crippen molar-refractivity contribution in [2.45, 2.75) is 0 Å². The Morgan fingerprint density at radius 3 is 2.65 bits per heavy atom. The number of amides is 1. The molecule has 0 unspecified atom stereocenters. The first-order valence-electron chi connectivity index (χ1n) is 5.79. The maximum absolute atomic E-state index is 13.4. The molecule has 2 aromatic rings. The van der Waals surface area contributed by atoms with E-state index < -0.39 is 11.6 Å². The first-order valence-corrected chi connectivity index (χ1v) is 6.59. The first-order chi connectivity index (χ1) is 9.56. The lowest BCUT2D eigenvalue weighted by Gasteiger charge is -2.09. The van der Waals surface area contributed by atoms with Crippen LogP contribution in [0.5, 0.6) is 0 Å². The highest BCUT2D eigenvalue weighted by atomic mass is 79.9. The Morgan fingerprint density at radius 2 is 1.90 bits per heavy atom. The van der Waals surface area contributed by atoms with Crippen molar-refractivity contribution in [1.82, 2.24) is 0 Å². The van der Waals surface area contributed by atoms with Crippen LogP contribution in [0.3, 0.4) is 0 Å². The summed E-state index contributed by atoms with van der Waals surface area (Å²) in [4.78, 5) is 11.7. The first kappa shape index (κ1) is 14.5. The maximum Gasteiger partial charge on any atom is 0.243 e. The topological polar surface area (TPSA) is 41.1 Å². The van der Waals surface area contributed by atoms with Crippen molar-refractivity contribution in [1.29, 1.82) is 0 Å². The Balaban J connectivity index is 1.94. The number of rotatable bonds is 4. The number of hydrogen-bond acceptors (Lipinski definition) is 2. The maximum atomic E-state index is 13.4. The lowest BCUT2D eigenvalue weighted by molar-refractivity contribution is -0.114. The van der Waals surface area contributed by atoms with Gasteiger partial charge in [-0.2, -0.15) is 0 Å².